The van der Waals surface area contributed by atoms with Gasteiger partial charge in [0.25, 0.3) is 0 Å². The van der Waals surface area contributed by atoms with Crippen LogP contribution in [-0.2, 0) is 0 Å². The Balaban J connectivity index is 1.25. The number of nitrogens with zero attached hydrogens (tertiary/aromatic N) is 2. The SMILES string of the molecule is c1ccc(-c2ccccc2N(c2ccc3c(ccc4sc5ccccc5c43)c2)c2ccc3c4ccccc4n(-c4ccccc4)c3c2)cc1. The molecule has 0 spiro atoms. The molecule has 0 aliphatic heterocycles. The molecular weight excluding hydrogens is 613 g/mol. The molecule has 0 bridgehead atoms. The van der Waals surface area contributed by atoms with Crippen molar-refractivity contribution in [3.63, 3.8) is 0 Å². The van der Waals surface area contributed by atoms with E-state index in [0.29, 0.717) is 0 Å². The summed E-state index contributed by atoms with van der Waals surface area (Å²) in [6.07, 6.45) is 0. The molecule has 0 fully saturated rings. The van der Waals surface area contributed by atoms with Gasteiger partial charge in [-0.3, -0.25) is 0 Å². The highest BCUT2D eigenvalue weighted by Crippen LogP contribution is 2.45. The van der Waals surface area contributed by atoms with Gasteiger partial charge >= 0.3 is 0 Å². The zero-order chi connectivity index (χ0) is 32.3. The second-order valence-corrected chi connectivity index (χ2v) is 13.6. The molecule has 0 atom stereocenters. The lowest BCUT2D eigenvalue weighted by Crippen LogP contribution is -2.11. The molecule has 230 valence electrons. The number of fused-ring (bicyclic) bond motifs is 8. The molecule has 8 aromatic carbocycles. The minimum absolute atomic E-state index is 1.11. The zero-order valence-corrected chi connectivity index (χ0v) is 27.4. The van der Waals surface area contributed by atoms with Crippen molar-refractivity contribution in [2.75, 3.05) is 4.90 Å². The smallest absolute Gasteiger partial charge is 0.0561 e. The van der Waals surface area contributed by atoms with Gasteiger partial charge in [-0.2, -0.15) is 0 Å². The minimum atomic E-state index is 1.11. The Labute approximate surface area is 288 Å². The molecule has 0 saturated carbocycles. The third kappa shape index (κ3) is 4.47. The molecule has 2 aromatic heterocycles. The second-order valence-electron chi connectivity index (χ2n) is 12.6. The summed E-state index contributed by atoms with van der Waals surface area (Å²) in [5.74, 6) is 0. The number of aromatic nitrogens is 1. The highest BCUT2D eigenvalue weighted by Gasteiger charge is 2.21. The zero-order valence-electron chi connectivity index (χ0n) is 26.6. The van der Waals surface area contributed by atoms with Crippen LogP contribution in [0.15, 0.2) is 182 Å². The number of benzene rings is 8. The lowest BCUT2D eigenvalue weighted by Gasteiger charge is -2.28. The average Bonchev–Trinajstić information content (AvgIpc) is 3.72. The summed E-state index contributed by atoms with van der Waals surface area (Å²) in [5.41, 5.74) is 9.28. The summed E-state index contributed by atoms with van der Waals surface area (Å²) in [6.45, 7) is 0. The van der Waals surface area contributed by atoms with Gasteiger partial charge in [-0.15, -0.1) is 11.3 Å². The Morgan fingerprint density at radius 3 is 1.94 bits per heavy atom. The van der Waals surface area contributed by atoms with E-state index in [-0.39, 0.29) is 0 Å². The van der Waals surface area contributed by atoms with Crippen LogP contribution in [0.4, 0.5) is 17.1 Å². The third-order valence-electron chi connectivity index (χ3n) is 9.76. The van der Waals surface area contributed by atoms with Crippen LogP contribution in [-0.4, -0.2) is 4.57 Å². The summed E-state index contributed by atoms with van der Waals surface area (Å²) < 4.78 is 5.05. The highest BCUT2D eigenvalue weighted by atomic mass is 32.1. The Hall–Kier alpha value is -6.16. The Morgan fingerprint density at radius 1 is 0.429 bits per heavy atom. The molecule has 10 rings (SSSR count). The van der Waals surface area contributed by atoms with E-state index >= 15 is 0 Å². The van der Waals surface area contributed by atoms with Crippen LogP contribution < -0.4 is 4.90 Å². The maximum Gasteiger partial charge on any atom is 0.0561 e. The van der Waals surface area contributed by atoms with Gasteiger partial charge in [0.05, 0.1) is 16.7 Å². The van der Waals surface area contributed by atoms with E-state index in [2.05, 4.69) is 191 Å². The van der Waals surface area contributed by atoms with Gasteiger partial charge in [0.15, 0.2) is 0 Å². The van der Waals surface area contributed by atoms with Crippen molar-refractivity contribution in [1.29, 1.82) is 0 Å². The van der Waals surface area contributed by atoms with Crippen LogP contribution in [0.5, 0.6) is 0 Å². The van der Waals surface area contributed by atoms with Gasteiger partial charge in [0.1, 0.15) is 0 Å². The van der Waals surface area contributed by atoms with Gasteiger partial charge in [0, 0.05) is 53.6 Å². The molecule has 0 saturated heterocycles. The molecule has 0 amide bonds. The van der Waals surface area contributed by atoms with E-state index in [1.165, 1.54) is 63.9 Å². The molecule has 10 aromatic rings. The number of hydrogen-bond donors (Lipinski definition) is 0. The summed E-state index contributed by atoms with van der Waals surface area (Å²) >= 11 is 1.87. The maximum atomic E-state index is 2.43. The van der Waals surface area contributed by atoms with E-state index in [4.69, 9.17) is 0 Å². The van der Waals surface area contributed by atoms with Crippen LogP contribution in [0.25, 0.3) is 69.6 Å². The molecule has 0 aliphatic rings. The first-order valence-electron chi connectivity index (χ1n) is 16.7. The molecule has 2 heterocycles. The molecule has 0 aliphatic carbocycles. The van der Waals surface area contributed by atoms with E-state index < -0.39 is 0 Å². The number of anilines is 3. The van der Waals surface area contributed by atoms with E-state index in [0.717, 1.165) is 22.7 Å². The fraction of sp³-hybridized carbons (Fsp3) is 0. The van der Waals surface area contributed by atoms with Crippen molar-refractivity contribution in [1.82, 2.24) is 4.57 Å². The van der Waals surface area contributed by atoms with Gasteiger partial charge < -0.3 is 9.47 Å². The summed E-state index contributed by atoms with van der Waals surface area (Å²) in [7, 11) is 0. The Kier molecular flexibility index (Phi) is 6.39. The number of para-hydroxylation sites is 3. The number of hydrogen-bond acceptors (Lipinski definition) is 2. The largest absolute Gasteiger partial charge is 0.310 e. The van der Waals surface area contributed by atoms with Crippen molar-refractivity contribution >= 4 is 81.1 Å². The lowest BCUT2D eigenvalue weighted by atomic mass is 10.00. The van der Waals surface area contributed by atoms with Crippen molar-refractivity contribution in [2.24, 2.45) is 0 Å². The fourth-order valence-electron chi connectivity index (χ4n) is 7.59. The van der Waals surface area contributed by atoms with Crippen LogP contribution in [0.2, 0.25) is 0 Å². The van der Waals surface area contributed by atoms with Crippen LogP contribution in [0.3, 0.4) is 0 Å². The van der Waals surface area contributed by atoms with Crippen molar-refractivity contribution < 1.29 is 0 Å². The quantitative estimate of drug-likeness (QED) is 0.181. The molecule has 0 unspecified atom stereocenters. The normalized spacial score (nSPS) is 11.7. The number of rotatable bonds is 5. The lowest BCUT2D eigenvalue weighted by molar-refractivity contribution is 1.18. The van der Waals surface area contributed by atoms with E-state index in [9.17, 15) is 0 Å². The monoisotopic (exact) mass is 642 g/mol. The Bertz CT molecular complexity index is 2830. The van der Waals surface area contributed by atoms with Crippen molar-refractivity contribution in [3.8, 4) is 16.8 Å². The molecule has 2 nitrogen and oxygen atoms in total. The number of thiophene rings is 1. The molecule has 3 heteroatoms. The molecular formula is C46H30N2S. The highest BCUT2D eigenvalue weighted by molar-refractivity contribution is 7.26. The van der Waals surface area contributed by atoms with Gasteiger partial charge in [-0.1, -0.05) is 121 Å². The van der Waals surface area contributed by atoms with E-state index in [1.807, 2.05) is 11.3 Å². The first-order valence-corrected chi connectivity index (χ1v) is 17.5. The van der Waals surface area contributed by atoms with Gasteiger partial charge in [-0.25, -0.2) is 0 Å². The molecule has 0 N–H and O–H groups in total. The first kappa shape index (κ1) is 27.9. The average molecular weight is 643 g/mol. The summed E-state index contributed by atoms with van der Waals surface area (Å²) in [5, 5.41) is 7.68. The predicted octanol–water partition coefficient (Wildman–Crippen LogP) is 13.4. The fourth-order valence-corrected chi connectivity index (χ4v) is 8.71. The third-order valence-corrected chi connectivity index (χ3v) is 10.9. The second kappa shape index (κ2) is 11.2. The standard InChI is InChI=1S/C46H30N2S/c1-3-13-31(14-4-1)36-17-7-10-20-41(36)47(34-24-26-37-32(29-34)23-28-45-46(37)40-19-9-12-22-44(40)49-45)35-25-27-39-38-18-8-11-21-42(38)48(43(39)30-35)33-15-5-2-6-16-33/h1-30H. The van der Waals surface area contributed by atoms with Crippen molar-refractivity contribution in [3.05, 3.63) is 182 Å². The molecule has 0 radical (unpaired) electrons. The van der Waals surface area contributed by atoms with Gasteiger partial charge in [0.2, 0.25) is 0 Å². The summed E-state index contributed by atoms with van der Waals surface area (Å²) in [4.78, 5) is 2.43. The van der Waals surface area contributed by atoms with Crippen LogP contribution in [0, 0.1) is 0 Å². The van der Waals surface area contributed by atoms with Crippen LogP contribution in [0.1, 0.15) is 0 Å². The summed E-state index contributed by atoms with van der Waals surface area (Å²) in [6, 6.07) is 66.2. The topological polar surface area (TPSA) is 8.17 Å². The van der Waals surface area contributed by atoms with Crippen LogP contribution >= 0.6 is 11.3 Å². The van der Waals surface area contributed by atoms with Gasteiger partial charge in [-0.05, 0) is 77.0 Å². The predicted molar refractivity (Wildman–Crippen MR) is 211 cm³/mol. The Morgan fingerprint density at radius 2 is 1.08 bits per heavy atom. The minimum Gasteiger partial charge on any atom is -0.310 e. The van der Waals surface area contributed by atoms with Crippen molar-refractivity contribution in [2.45, 2.75) is 0 Å². The first-order chi connectivity index (χ1) is 24.3. The molecule has 49 heavy (non-hydrogen) atoms. The maximum absolute atomic E-state index is 2.43. The van der Waals surface area contributed by atoms with E-state index in [1.54, 1.807) is 0 Å².